The van der Waals surface area contributed by atoms with Crippen LogP contribution in [0.25, 0.3) is 0 Å². The van der Waals surface area contributed by atoms with Crippen LogP contribution in [0.3, 0.4) is 0 Å². The number of aromatic nitrogens is 2. The van der Waals surface area contributed by atoms with Gasteiger partial charge in [0.05, 0.1) is 5.69 Å². The summed E-state index contributed by atoms with van der Waals surface area (Å²) in [6, 6.07) is 2.16. The first-order valence-corrected chi connectivity index (χ1v) is 5.60. The summed E-state index contributed by atoms with van der Waals surface area (Å²) >= 11 is 0. The van der Waals surface area contributed by atoms with Crippen molar-refractivity contribution in [3.05, 3.63) is 17.5 Å². The monoisotopic (exact) mass is 195 g/mol. The normalized spacial score (nSPS) is 10.7. The maximum Gasteiger partial charge on any atom is 0.0625 e. The van der Waals surface area contributed by atoms with Crippen molar-refractivity contribution >= 4 is 0 Å². The van der Waals surface area contributed by atoms with E-state index in [2.05, 4.69) is 35.4 Å². The molecule has 0 unspecified atom stereocenters. The van der Waals surface area contributed by atoms with E-state index in [0.717, 1.165) is 25.9 Å². The molecule has 1 heterocycles. The lowest BCUT2D eigenvalue weighted by atomic mass is 10.2. The lowest BCUT2D eigenvalue weighted by molar-refractivity contribution is 0.632. The summed E-state index contributed by atoms with van der Waals surface area (Å²) in [5.41, 5.74) is 2.38. The minimum absolute atomic E-state index is 0.913. The number of aryl methyl sites for hydroxylation is 1. The van der Waals surface area contributed by atoms with Gasteiger partial charge < -0.3 is 5.32 Å². The highest BCUT2D eigenvalue weighted by Crippen LogP contribution is 2.01. The summed E-state index contributed by atoms with van der Waals surface area (Å²) in [5.74, 6) is 0. The number of hydrogen-bond acceptors (Lipinski definition) is 2. The Bertz CT molecular complexity index is 242. The number of nitrogens with one attached hydrogen (secondary N) is 2. The van der Waals surface area contributed by atoms with Gasteiger partial charge in [-0.1, -0.05) is 26.7 Å². The summed E-state index contributed by atoms with van der Waals surface area (Å²) in [7, 11) is 0. The molecule has 0 spiro atoms. The molecule has 0 atom stereocenters. The van der Waals surface area contributed by atoms with Gasteiger partial charge in [0.25, 0.3) is 0 Å². The SMILES string of the molecule is CCCCNCc1cc(CCC)n[nH]1. The van der Waals surface area contributed by atoms with Gasteiger partial charge in [0.15, 0.2) is 0 Å². The van der Waals surface area contributed by atoms with E-state index in [9.17, 15) is 0 Å². The molecule has 0 aliphatic carbocycles. The van der Waals surface area contributed by atoms with Crippen LogP contribution in [0.2, 0.25) is 0 Å². The van der Waals surface area contributed by atoms with Crippen LogP contribution in [0.5, 0.6) is 0 Å². The van der Waals surface area contributed by atoms with Gasteiger partial charge in [-0.3, -0.25) is 5.10 Å². The number of aromatic amines is 1. The minimum Gasteiger partial charge on any atom is -0.311 e. The number of hydrogen-bond donors (Lipinski definition) is 2. The second-order valence-electron chi connectivity index (χ2n) is 3.66. The Kier molecular flexibility index (Phi) is 5.30. The summed E-state index contributed by atoms with van der Waals surface area (Å²) < 4.78 is 0. The Labute approximate surface area is 86.3 Å². The first-order chi connectivity index (χ1) is 6.86. The van der Waals surface area contributed by atoms with E-state index in [0.29, 0.717) is 0 Å². The van der Waals surface area contributed by atoms with E-state index in [1.807, 2.05) is 0 Å². The van der Waals surface area contributed by atoms with E-state index in [1.54, 1.807) is 0 Å². The van der Waals surface area contributed by atoms with Crippen molar-refractivity contribution in [3.63, 3.8) is 0 Å². The second-order valence-corrected chi connectivity index (χ2v) is 3.66. The predicted molar refractivity (Wildman–Crippen MR) is 59.2 cm³/mol. The molecule has 0 saturated carbocycles. The van der Waals surface area contributed by atoms with Crippen LogP contribution >= 0.6 is 0 Å². The van der Waals surface area contributed by atoms with E-state index in [1.165, 1.54) is 24.2 Å². The first-order valence-electron chi connectivity index (χ1n) is 5.60. The van der Waals surface area contributed by atoms with Gasteiger partial charge in [0.1, 0.15) is 0 Å². The third-order valence-electron chi connectivity index (χ3n) is 2.21. The molecule has 1 aromatic heterocycles. The zero-order valence-electron chi connectivity index (χ0n) is 9.27. The molecule has 1 rings (SSSR count). The first kappa shape index (κ1) is 11.2. The number of rotatable bonds is 7. The number of nitrogens with zero attached hydrogens (tertiary/aromatic N) is 1. The van der Waals surface area contributed by atoms with E-state index >= 15 is 0 Å². The Balaban J connectivity index is 2.22. The van der Waals surface area contributed by atoms with E-state index in [-0.39, 0.29) is 0 Å². The highest BCUT2D eigenvalue weighted by molar-refractivity contribution is 5.08. The van der Waals surface area contributed by atoms with Gasteiger partial charge in [-0.15, -0.1) is 0 Å². The summed E-state index contributed by atoms with van der Waals surface area (Å²) in [6.07, 6.45) is 4.73. The molecule has 3 heteroatoms. The molecule has 0 bridgehead atoms. The Morgan fingerprint density at radius 3 is 2.93 bits per heavy atom. The molecular formula is C11H21N3. The molecule has 0 saturated heterocycles. The molecule has 0 fully saturated rings. The van der Waals surface area contributed by atoms with Crippen molar-refractivity contribution in [1.82, 2.24) is 15.5 Å². The zero-order valence-corrected chi connectivity index (χ0v) is 9.27. The largest absolute Gasteiger partial charge is 0.311 e. The van der Waals surface area contributed by atoms with Crippen molar-refractivity contribution in [1.29, 1.82) is 0 Å². The summed E-state index contributed by atoms with van der Waals surface area (Å²) in [4.78, 5) is 0. The standard InChI is InChI=1S/C11H21N3/c1-3-5-7-12-9-11-8-10(6-4-2)13-14-11/h8,12H,3-7,9H2,1-2H3,(H,13,14). The minimum atomic E-state index is 0.913. The highest BCUT2D eigenvalue weighted by Gasteiger charge is 1.98. The number of H-pyrrole nitrogens is 1. The van der Waals surface area contributed by atoms with Crippen molar-refractivity contribution in [2.24, 2.45) is 0 Å². The fourth-order valence-electron chi connectivity index (χ4n) is 1.41. The molecule has 80 valence electrons. The lowest BCUT2D eigenvalue weighted by Gasteiger charge is -1.99. The van der Waals surface area contributed by atoms with Crippen molar-refractivity contribution < 1.29 is 0 Å². The van der Waals surface area contributed by atoms with Gasteiger partial charge in [-0.05, 0) is 25.5 Å². The molecule has 0 amide bonds. The van der Waals surface area contributed by atoms with Crippen LogP contribution in [0, 0.1) is 0 Å². The fourth-order valence-corrected chi connectivity index (χ4v) is 1.41. The zero-order chi connectivity index (χ0) is 10.2. The van der Waals surface area contributed by atoms with Crippen LogP contribution in [0.4, 0.5) is 0 Å². The number of unbranched alkanes of at least 4 members (excludes halogenated alkanes) is 1. The third kappa shape index (κ3) is 3.92. The molecule has 14 heavy (non-hydrogen) atoms. The van der Waals surface area contributed by atoms with Crippen LogP contribution in [-0.4, -0.2) is 16.7 Å². The quantitative estimate of drug-likeness (QED) is 0.655. The lowest BCUT2D eigenvalue weighted by Crippen LogP contribution is -2.14. The van der Waals surface area contributed by atoms with E-state index < -0.39 is 0 Å². The van der Waals surface area contributed by atoms with Crippen molar-refractivity contribution in [2.75, 3.05) is 6.54 Å². The molecule has 2 N–H and O–H groups in total. The van der Waals surface area contributed by atoms with Gasteiger partial charge in [-0.25, -0.2) is 0 Å². The van der Waals surface area contributed by atoms with Crippen molar-refractivity contribution in [3.8, 4) is 0 Å². The third-order valence-corrected chi connectivity index (χ3v) is 2.21. The summed E-state index contributed by atoms with van der Waals surface area (Å²) in [5, 5.41) is 10.7. The van der Waals surface area contributed by atoms with Gasteiger partial charge in [0.2, 0.25) is 0 Å². The predicted octanol–water partition coefficient (Wildman–Crippen LogP) is 2.25. The molecule has 0 aliphatic rings. The molecule has 0 radical (unpaired) electrons. The Morgan fingerprint density at radius 1 is 1.36 bits per heavy atom. The highest BCUT2D eigenvalue weighted by atomic mass is 15.1. The summed E-state index contributed by atoms with van der Waals surface area (Å²) in [6.45, 7) is 6.39. The van der Waals surface area contributed by atoms with Crippen LogP contribution in [0.1, 0.15) is 44.5 Å². The maximum atomic E-state index is 4.24. The average Bonchev–Trinajstić information content (AvgIpc) is 2.61. The maximum absolute atomic E-state index is 4.24. The van der Waals surface area contributed by atoms with Crippen LogP contribution < -0.4 is 5.32 Å². The molecule has 0 aliphatic heterocycles. The average molecular weight is 195 g/mol. The molecule has 0 aromatic carbocycles. The van der Waals surface area contributed by atoms with Gasteiger partial charge in [0, 0.05) is 12.2 Å². The smallest absolute Gasteiger partial charge is 0.0625 e. The topological polar surface area (TPSA) is 40.7 Å². The Hall–Kier alpha value is -0.830. The molecule has 1 aromatic rings. The van der Waals surface area contributed by atoms with Crippen LogP contribution in [-0.2, 0) is 13.0 Å². The van der Waals surface area contributed by atoms with Crippen LogP contribution in [0.15, 0.2) is 6.07 Å². The molecular weight excluding hydrogens is 174 g/mol. The van der Waals surface area contributed by atoms with Gasteiger partial charge in [-0.2, -0.15) is 5.10 Å². The van der Waals surface area contributed by atoms with Crippen molar-refractivity contribution in [2.45, 2.75) is 46.1 Å². The molecule has 3 nitrogen and oxygen atoms in total. The van der Waals surface area contributed by atoms with Gasteiger partial charge >= 0.3 is 0 Å². The Morgan fingerprint density at radius 2 is 2.21 bits per heavy atom. The van der Waals surface area contributed by atoms with E-state index in [4.69, 9.17) is 0 Å². The fraction of sp³-hybridized carbons (Fsp3) is 0.727. The second kappa shape index (κ2) is 6.60.